The van der Waals surface area contributed by atoms with E-state index in [0.29, 0.717) is 37.6 Å². The molecule has 0 saturated carbocycles. The molecule has 5 N–H and O–H groups in total. The van der Waals surface area contributed by atoms with Crippen molar-refractivity contribution in [2.75, 3.05) is 29.9 Å². The number of aromatic nitrogens is 2. The second-order valence-electron chi connectivity index (χ2n) is 11.6. The van der Waals surface area contributed by atoms with Gasteiger partial charge in [0.2, 0.25) is 5.95 Å². The molecule has 240 valence electrons. The number of aromatic carboxylic acids is 1. The van der Waals surface area contributed by atoms with Crippen molar-refractivity contribution in [3.63, 3.8) is 0 Å². The van der Waals surface area contributed by atoms with Gasteiger partial charge in [-0.15, -0.1) is 0 Å². The minimum absolute atomic E-state index is 0.0961. The highest BCUT2D eigenvalue weighted by atomic mass is 32.2. The first-order valence-corrected chi connectivity index (χ1v) is 15.5. The molecule has 1 amide bonds. The number of carboxylic acids is 1. The average Bonchev–Trinajstić information content (AvgIpc) is 3.01. The van der Waals surface area contributed by atoms with Gasteiger partial charge in [-0.1, -0.05) is 20.8 Å². The molecule has 0 bridgehead atoms. The summed E-state index contributed by atoms with van der Waals surface area (Å²) in [4.78, 5) is 51.9. The fourth-order valence-corrected chi connectivity index (χ4v) is 7.59. The van der Waals surface area contributed by atoms with Crippen LogP contribution in [0.2, 0.25) is 0 Å². The molecule has 1 atom stereocenters. The van der Waals surface area contributed by atoms with Gasteiger partial charge in [-0.05, 0) is 66.8 Å². The highest BCUT2D eigenvalue weighted by Gasteiger charge is 2.61. The number of benzene rings is 2. The summed E-state index contributed by atoms with van der Waals surface area (Å²) in [5.41, 5.74) is -1.35. The van der Waals surface area contributed by atoms with Crippen molar-refractivity contribution >= 4 is 39.3 Å². The van der Waals surface area contributed by atoms with Crippen LogP contribution in [-0.2, 0) is 19.5 Å². The number of hydrogen-bond donors (Lipinski definition) is 4. The maximum absolute atomic E-state index is 15.3. The number of amides is 1. The number of sulfone groups is 1. The topological polar surface area (TPSA) is 194 Å². The third-order valence-corrected chi connectivity index (χ3v) is 10.7. The second kappa shape index (κ2) is 13.2. The first-order valence-electron chi connectivity index (χ1n) is 14.1. The molecule has 1 aliphatic rings. The first kappa shape index (κ1) is 33.3. The molecule has 0 aliphatic carbocycles. The van der Waals surface area contributed by atoms with Crippen LogP contribution in [0.4, 0.5) is 16.0 Å². The Morgan fingerprint density at radius 1 is 1.04 bits per heavy atom. The number of nitrogens with zero attached hydrogens (tertiary/aromatic N) is 3. The quantitative estimate of drug-likeness (QED) is 0.237. The molecule has 4 rings (SSSR count). The highest BCUT2D eigenvalue weighted by molar-refractivity contribution is 7.93. The van der Waals surface area contributed by atoms with Gasteiger partial charge in [0.1, 0.15) is 5.82 Å². The Kier molecular flexibility index (Phi) is 9.73. The van der Waals surface area contributed by atoms with Gasteiger partial charge < -0.3 is 25.5 Å². The summed E-state index contributed by atoms with van der Waals surface area (Å²) in [6, 6.07) is 10.0. The zero-order valence-corrected chi connectivity index (χ0v) is 25.8. The smallest absolute Gasteiger partial charge is 0.348 e. The summed E-state index contributed by atoms with van der Waals surface area (Å²) in [5, 5.41) is 14.9. The molecular weight excluding hydrogens is 607 g/mol. The lowest BCUT2D eigenvalue weighted by molar-refractivity contribution is -0.150. The van der Waals surface area contributed by atoms with Gasteiger partial charge in [0.15, 0.2) is 14.6 Å². The number of anilines is 2. The largest absolute Gasteiger partial charge is 0.478 e. The molecule has 0 spiro atoms. The van der Waals surface area contributed by atoms with Crippen molar-refractivity contribution in [2.24, 2.45) is 11.3 Å². The van der Waals surface area contributed by atoms with Crippen molar-refractivity contribution in [3.05, 3.63) is 77.9 Å². The highest BCUT2D eigenvalue weighted by Crippen LogP contribution is 2.42. The molecule has 45 heavy (non-hydrogen) atoms. The lowest BCUT2D eigenvalue weighted by Crippen LogP contribution is -2.63. The van der Waals surface area contributed by atoms with Crippen LogP contribution >= 0.6 is 0 Å². The summed E-state index contributed by atoms with van der Waals surface area (Å²) >= 11 is 0. The average molecular weight is 643 g/mol. The van der Waals surface area contributed by atoms with Crippen molar-refractivity contribution in [1.82, 2.24) is 15.3 Å². The summed E-state index contributed by atoms with van der Waals surface area (Å²) in [5.74, 6) is 1.64. The van der Waals surface area contributed by atoms with Crippen LogP contribution in [0.5, 0.6) is 0 Å². The molecule has 1 fully saturated rings. The van der Waals surface area contributed by atoms with Crippen LogP contribution in [0, 0.1) is 11.2 Å². The Hall–Kier alpha value is -4.63. The SMILES string of the molecule is CC(C)(C)[C@](CNC(=O)c1ccc(N2CCC(Nc3ncccn3)CC2)c(F)c1)(C(=O)ON)S(=O)(=O)c1ccc(C(=O)O)cc1. The fourth-order valence-electron chi connectivity index (χ4n) is 5.36. The third kappa shape index (κ3) is 6.73. The van der Waals surface area contributed by atoms with Crippen LogP contribution in [0.1, 0.15) is 54.3 Å². The predicted octanol–water partition coefficient (Wildman–Crippen LogP) is 2.80. The van der Waals surface area contributed by atoms with Gasteiger partial charge in [0.05, 0.1) is 16.1 Å². The Bertz CT molecular complexity index is 1660. The van der Waals surface area contributed by atoms with E-state index in [4.69, 9.17) is 5.90 Å². The number of nitrogens with one attached hydrogen (secondary N) is 2. The molecular formula is C30H35FN6O7S. The van der Waals surface area contributed by atoms with Gasteiger partial charge in [-0.2, -0.15) is 5.90 Å². The van der Waals surface area contributed by atoms with E-state index in [1.807, 2.05) is 4.90 Å². The molecule has 2 heterocycles. The fraction of sp³-hybridized carbons (Fsp3) is 0.367. The minimum atomic E-state index is -4.66. The molecule has 0 unspecified atom stereocenters. The van der Waals surface area contributed by atoms with Gasteiger partial charge in [0, 0.05) is 43.6 Å². The van der Waals surface area contributed by atoms with E-state index in [9.17, 15) is 27.9 Å². The molecule has 1 aliphatic heterocycles. The number of piperidine rings is 1. The monoisotopic (exact) mass is 642 g/mol. The predicted molar refractivity (Wildman–Crippen MR) is 163 cm³/mol. The molecule has 0 radical (unpaired) electrons. The molecule has 1 aromatic heterocycles. The normalized spacial score (nSPS) is 15.5. The molecule has 15 heteroatoms. The zero-order chi connectivity index (χ0) is 33.0. The van der Waals surface area contributed by atoms with Crippen LogP contribution in [-0.4, -0.2) is 71.8 Å². The Morgan fingerprint density at radius 3 is 2.18 bits per heavy atom. The first-order chi connectivity index (χ1) is 21.2. The van der Waals surface area contributed by atoms with E-state index >= 15 is 4.39 Å². The van der Waals surface area contributed by atoms with Crippen LogP contribution in [0.15, 0.2) is 65.8 Å². The Labute approximate surface area is 259 Å². The van der Waals surface area contributed by atoms with Crippen molar-refractivity contribution in [3.8, 4) is 0 Å². The Morgan fingerprint density at radius 2 is 1.64 bits per heavy atom. The number of halogens is 1. The van der Waals surface area contributed by atoms with E-state index in [1.54, 1.807) is 18.5 Å². The van der Waals surface area contributed by atoms with E-state index in [1.165, 1.54) is 32.9 Å². The number of carbonyl (C=O) groups is 3. The second-order valence-corrected chi connectivity index (χ2v) is 13.8. The number of carbonyl (C=O) groups excluding carboxylic acids is 2. The standard InChI is InChI=1S/C30H35FN6O7S/c1-29(2,3)30(27(41)44-32,45(42,43)22-8-5-19(6-9-22)26(39)40)18-35-25(38)20-7-10-24(23(31)17-20)37-15-11-21(12-16-37)36-28-33-13-4-14-34-28/h4-10,13-14,17,21H,11-12,15-16,18,32H2,1-3H3,(H,35,38)(H,39,40)(H,33,34,36)/t30-/m0/s1. The molecule has 2 aromatic carbocycles. The van der Waals surface area contributed by atoms with Crippen molar-refractivity contribution < 1.29 is 37.1 Å². The number of nitrogens with two attached hydrogens (primary N) is 1. The maximum Gasteiger partial charge on any atom is 0.348 e. The Balaban J connectivity index is 1.52. The molecule has 1 saturated heterocycles. The molecule has 13 nitrogen and oxygen atoms in total. The van der Waals surface area contributed by atoms with Gasteiger partial charge in [0.25, 0.3) is 5.91 Å². The van der Waals surface area contributed by atoms with Crippen molar-refractivity contribution in [2.45, 2.75) is 49.3 Å². The summed E-state index contributed by atoms with van der Waals surface area (Å²) in [6.45, 7) is 4.70. The van der Waals surface area contributed by atoms with Gasteiger partial charge in [-0.3, -0.25) is 4.79 Å². The zero-order valence-electron chi connectivity index (χ0n) is 25.0. The number of rotatable bonds is 10. The summed E-state index contributed by atoms with van der Waals surface area (Å²) in [6.07, 6.45) is 4.70. The van der Waals surface area contributed by atoms with Crippen LogP contribution in [0.25, 0.3) is 0 Å². The van der Waals surface area contributed by atoms with Crippen molar-refractivity contribution in [1.29, 1.82) is 0 Å². The van der Waals surface area contributed by atoms with Gasteiger partial charge in [-0.25, -0.2) is 32.4 Å². The maximum atomic E-state index is 15.3. The lowest BCUT2D eigenvalue weighted by atomic mass is 9.79. The third-order valence-electron chi connectivity index (χ3n) is 7.96. The summed E-state index contributed by atoms with van der Waals surface area (Å²) in [7, 11) is -4.66. The minimum Gasteiger partial charge on any atom is -0.478 e. The summed E-state index contributed by atoms with van der Waals surface area (Å²) < 4.78 is 40.8. The number of hydrogen-bond acceptors (Lipinski definition) is 11. The van der Waals surface area contributed by atoms with E-state index in [-0.39, 0.29) is 22.1 Å². The van der Waals surface area contributed by atoms with E-state index in [0.717, 1.165) is 30.3 Å². The number of carboxylic acid groups (broad SMARTS) is 1. The van der Waals surface area contributed by atoms with Gasteiger partial charge >= 0.3 is 11.9 Å². The molecule has 3 aromatic rings. The van der Waals surface area contributed by atoms with E-state index in [2.05, 4.69) is 25.4 Å². The van der Waals surface area contributed by atoms with Crippen LogP contribution < -0.4 is 21.4 Å². The van der Waals surface area contributed by atoms with Crippen LogP contribution in [0.3, 0.4) is 0 Å². The van der Waals surface area contributed by atoms with E-state index < -0.39 is 50.2 Å². The lowest BCUT2D eigenvalue weighted by Gasteiger charge is -2.41.